The van der Waals surface area contributed by atoms with Crippen LogP contribution in [-0.4, -0.2) is 18.3 Å². The molecule has 3 aromatic rings. The molecule has 2 aromatic carbocycles. The highest BCUT2D eigenvalue weighted by molar-refractivity contribution is 7.91. The number of benzene rings is 2. The topological polar surface area (TPSA) is 90.2 Å². The molecule has 26 heavy (non-hydrogen) atoms. The van der Waals surface area contributed by atoms with Gasteiger partial charge < -0.3 is 0 Å². The monoisotopic (exact) mass is 382 g/mol. The maximum atomic E-state index is 12.8. The fourth-order valence-corrected chi connectivity index (χ4v) is 3.68. The lowest BCUT2D eigenvalue weighted by Crippen LogP contribution is -2.08. The molecule has 0 aliphatic rings. The Morgan fingerprint density at radius 1 is 1.00 bits per heavy atom. The van der Waals surface area contributed by atoms with Gasteiger partial charge in [-0.1, -0.05) is 18.2 Å². The molecule has 0 unspecified atom stereocenters. The van der Waals surface area contributed by atoms with Crippen molar-refractivity contribution < 1.29 is 26.5 Å². The lowest BCUT2D eigenvalue weighted by atomic mass is 10.2. The molecule has 0 saturated carbocycles. The fraction of sp³-hybridized carbons (Fsp3) is 0.0625. The van der Waals surface area contributed by atoms with Crippen molar-refractivity contribution in [3.8, 4) is 0 Å². The summed E-state index contributed by atoms with van der Waals surface area (Å²) in [5, 5.41) is 11.2. The number of sulfone groups is 1. The van der Waals surface area contributed by atoms with Crippen LogP contribution in [0.15, 0.2) is 64.5 Å². The molecular weight excluding hydrogens is 373 g/mol. The van der Waals surface area contributed by atoms with E-state index in [0.29, 0.717) is 6.07 Å². The molecule has 6 nitrogen and oxygen atoms in total. The smallest absolute Gasteiger partial charge is 0.258 e. The van der Waals surface area contributed by atoms with Crippen molar-refractivity contribution in [1.29, 1.82) is 0 Å². The first-order valence-corrected chi connectivity index (χ1v) is 8.54. The highest BCUT2D eigenvalue weighted by Gasteiger charge is 2.32. The van der Waals surface area contributed by atoms with Crippen LogP contribution in [0.4, 0.5) is 18.9 Å². The first-order valence-electron chi connectivity index (χ1n) is 7.06. The van der Waals surface area contributed by atoms with E-state index in [9.17, 15) is 31.7 Å². The summed E-state index contributed by atoms with van der Waals surface area (Å²) < 4.78 is 63.7. The summed E-state index contributed by atoms with van der Waals surface area (Å²) in [6.45, 7) is 0. The molecule has 0 aliphatic carbocycles. The Balaban J connectivity index is 2.15. The van der Waals surface area contributed by atoms with Crippen LogP contribution in [0.3, 0.4) is 0 Å². The number of nitro groups is 1. The second-order valence-electron chi connectivity index (χ2n) is 5.31. The zero-order valence-electron chi connectivity index (χ0n) is 12.8. The van der Waals surface area contributed by atoms with Crippen molar-refractivity contribution in [2.24, 2.45) is 0 Å². The summed E-state index contributed by atoms with van der Waals surface area (Å²) in [5.74, 6) is 0. The molecule has 10 heteroatoms. The molecule has 0 radical (unpaired) electrons. The summed E-state index contributed by atoms with van der Waals surface area (Å²) in [5.41, 5.74) is -1.41. The molecule has 0 aliphatic heterocycles. The second-order valence-corrected chi connectivity index (χ2v) is 7.26. The van der Waals surface area contributed by atoms with Crippen LogP contribution in [0.2, 0.25) is 0 Å². The summed E-state index contributed by atoms with van der Waals surface area (Å²) in [4.78, 5) is 13.3. The molecule has 3 rings (SSSR count). The van der Waals surface area contributed by atoms with Gasteiger partial charge in [-0.3, -0.25) is 10.1 Å². The Morgan fingerprint density at radius 3 is 2.35 bits per heavy atom. The zero-order chi connectivity index (χ0) is 19.1. The van der Waals surface area contributed by atoms with E-state index in [1.54, 1.807) is 0 Å². The number of nitrogens with zero attached hydrogens (tertiary/aromatic N) is 2. The predicted molar refractivity (Wildman–Crippen MR) is 85.3 cm³/mol. The summed E-state index contributed by atoms with van der Waals surface area (Å²) in [7, 11) is -4.28. The lowest BCUT2D eigenvalue weighted by molar-refractivity contribution is -0.383. The van der Waals surface area contributed by atoms with Crippen molar-refractivity contribution in [1.82, 2.24) is 4.98 Å². The van der Waals surface area contributed by atoms with Crippen LogP contribution in [0.5, 0.6) is 0 Å². The molecule has 1 aromatic heterocycles. The summed E-state index contributed by atoms with van der Waals surface area (Å²) in [6.07, 6.45) is -3.79. The van der Waals surface area contributed by atoms with Crippen molar-refractivity contribution in [2.75, 3.05) is 0 Å². The van der Waals surface area contributed by atoms with Gasteiger partial charge in [0.1, 0.15) is 5.52 Å². The van der Waals surface area contributed by atoms with Gasteiger partial charge >= 0.3 is 6.18 Å². The van der Waals surface area contributed by atoms with E-state index < -0.39 is 31.4 Å². The van der Waals surface area contributed by atoms with Gasteiger partial charge in [0.05, 0.1) is 20.3 Å². The molecular formula is C16H9F3N2O4S. The molecule has 0 fully saturated rings. The van der Waals surface area contributed by atoms with Crippen LogP contribution in [0.25, 0.3) is 10.9 Å². The van der Waals surface area contributed by atoms with Gasteiger partial charge in [-0.2, -0.15) is 13.2 Å². The number of nitro benzene ring substituents is 1. The Labute approximate surface area is 145 Å². The number of hydrogen-bond donors (Lipinski definition) is 0. The van der Waals surface area contributed by atoms with Crippen molar-refractivity contribution >= 4 is 26.4 Å². The van der Waals surface area contributed by atoms with Crippen LogP contribution in [0, 0.1) is 10.1 Å². The minimum absolute atomic E-state index is 0.0134. The van der Waals surface area contributed by atoms with Crippen LogP contribution in [-0.2, 0) is 16.0 Å². The van der Waals surface area contributed by atoms with Crippen LogP contribution < -0.4 is 0 Å². The highest BCUT2D eigenvalue weighted by Crippen LogP contribution is 2.32. The second kappa shape index (κ2) is 6.06. The van der Waals surface area contributed by atoms with E-state index in [0.717, 1.165) is 30.5 Å². The normalized spacial score (nSPS) is 12.3. The third-order valence-electron chi connectivity index (χ3n) is 3.64. The predicted octanol–water partition coefficient (Wildman–Crippen LogP) is 3.99. The van der Waals surface area contributed by atoms with E-state index in [-0.39, 0.29) is 21.5 Å². The van der Waals surface area contributed by atoms with Crippen molar-refractivity contribution in [3.05, 3.63) is 70.4 Å². The van der Waals surface area contributed by atoms with Crippen LogP contribution >= 0.6 is 0 Å². The lowest BCUT2D eigenvalue weighted by Gasteiger charge is -2.10. The molecule has 0 N–H and O–H groups in total. The largest absolute Gasteiger partial charge is 0.416 e. The van der Waals surface area contributed by atoms with E-state index in [4.69, 9.17) is 0 Å². The highest BCUT2D eigenvalue weighted by atomic mass is 32.2. The quantitative estimate of drug-likeness (QED) is 0.505. The fourth-order valence-electron chi connectivity index (χ4n) is 2.39. The summed E-state index contributed by atoms with van der Waals surface area (Å²) >= 11 is 0. The minimum atomic E-state index is -4.69. The average molecular weight is 382 g/mol. The number of aromatic nitrogens is 1. The maximum absolute atomic E-state index is 12.8. The SMILES string of the molecule is O=[N+]([O-])c1cccc2cc(S(=O)(=O)c3cccc(C(F)(F)F)c3)cnc12. The minimum Gasteiger partial charge on any atom is -0.258 e. The molecule has 1 heterocycles. The number of fused-ring (bicyclic) bond motifs is 1. The average Bonchev–Trinajstić information content (AvgIpc) is 2.60. The molecule has 134 valence electrons. The van der Waals surface area contributed by atoms with E-state index in [1.807, 2.05) is 0 Å². The van der Waals surface area contributed by atoms with E-state index in [2.05, 4.69) is 4.98 Å². The standard InChI is InChI=1S/C16H9F3N2O4S/c17-16(18,19)11-4-2-5-12(8-11)26(24,25)13-7-10-3-1-6-14(21(22)23)15(10)20-9-13/h1-9H. The first kappa shape index (κ1) is 17.8. The molecule has 0 atom stereocenters. The Bertz CT molecular complexity index is 1130. The number of pyridine rings is 1. The van der Waals surface area contributed by atoms with Gasteiger partial charge in [-0.25, -0.2) is 13.4 Å². The first-order chi connectivity index (χ1) is 12.1. The van der Waals surface area contributed by atoms with Gasteiger partial charge in [0.25, 0.3) is 5.69 Å². The van der Waals surface area contributed by atoms with E-state index >= 15 is 0 Å². The Morgan fingerprint density at radius 2 is 1.69 bits per heavy atom. The number of non-ortho nitro benzene ring substituents is 1. The van der Waals surface area contributed by atoms with Crippen molar-refractivity contribution in [3.63, 3.8) is 0 Å². The molecule has 0 amide bonds. The number of halogens is 3. The van der Waals surface area contributed by atoms with Gasteiger partial charge in [-0.05, 0) is 24.3 Å². The van der Waals surface area contributed by atoms with Crippen LogP contribution in [0.1, 0.15) is 5.56 Å². The molecule has 0 saturated heterocycles. The maximum Gasteiger partial charge on any atom is 0.416 e. The molecule has 0 bridgehead atoms. The molecule has 0 spiro atoms. The number of rotatable bonds is 3. The van der Waals surface area contributed by atoms with E-state index in [1.165, 1.54) is 18.2 Å². The Hall–Kier alpha value is -3.01. The third kappa shape index (κ3) is 3.10. The van der Waals surface area contributed by atoms with Gasteiger partial charge in [0, 0.05) is 17.6 Å². The van der Waals surface area contributed by atoms with Gasteiger partial charge in [0.2, 0.25) is 9.84 Å². The third-order valence-corrected chi connectivity index (χ3v) is 5.36. The number of hydrogen-bond acceptors (Lipinski definition) is 5. The van der Waals surface area contributed by atoms with Crippen molar-refractivity contribution in [2.45, 2.75) is 16.0 Å². The summed E-state index contributed by atoms with van der Waals surface area (Å²) in [6, 6.07) is 8.50. The number of para-hydroxylation sites is 1. The van der Waals surface area contributed by atoms with Gasteiger partial charge in [0.15, 0.2) is 0 Å². The number of alkyl halides is 3. The Kier molecular flexibility index (Phi) is 4.15. The zero-order valence-corrected chi connectivity index (χ0v) is 13.6. The van der Waals surface area contributed by atoms with Gasteiger partial charge in [-0.15, -0.1) is 0 Å².